The lowest BCUT2D eigenvalue weighted by atomic mass is 10.0. The van der Waals surface area contributed by atoms with E-state index >= 15 is 0 Å². The molecule has 5 rings (SSSR count). The van der Waals surface area contributed by atoms with Gasteiger partial charge in [0, 0.05) is 28.2 Å². The number of benzene rings is 2. The van der Waals surface area contributed by atoms with Gasteiger partial charge in [-0.25, -0.2) is 4.98 Å². The van der Waals surface area contributed by atoms with Crippen molar-refractivity contribution >= 4 is 40.5 Å². The molecule has 33 heavy (non-hydrogen) atoms. The molecule has 0 atom stereocenters. The summed E-state index contributed by atoms with van der Waals surface area (Å²) < 4.78 is 6.26. The molecule has 3 nitrogen and oxygen atoms in total. The fraction of sp³-hybridized carbons (Fsp3) is 0.241. The first-order chi connectivity index (χ1) is 15.8. The van der Waals surface area contributed by atoms with E-state index < -0.39 is 8.07 Å². The molecule has 5 aromatic rings. The van der Waals surface area contributed by atoms with Crippen molar-refractivity contribution < 1.29 is 4.42 Å². The fourth-order valence-electron chi connectivity index (χ4n) is 4.80. The molecule has 0 bridgehead atoms. The third-order valence-electron chi connectivity index (χ3n) is 6.57. The lowest BCUT2D eigenvalue weighted by Crippen LogP contribution is -2.54. The van der Waals surface area contributed by atoms with Gasteiger partial charge >= 0.3 is 0 Å². The number of rotatable bonds is 5. The van der Waals surface area contributed by atoms with E-state index in [0.29, 0.717) is 11.6 Å². The number of nitrogens with zero attached hydrogens (tertiary/aromatic N) is 2. The second-order valence-electron chi connectivity index (χ2n) is 9.91. The molecule has 0 amide bonds. The quantitative estimate of drug-likeness (QED) is 0.292. The van der Waals surface area contributed by atoms with Crippen molar-refractivity contribution in [1.82, 2.24) is 9.97 Å². The summed E-state index contributed by atoms with van der Waals surface area (Å²) in [6, 6.07) is 23.7. The number of aromatic nitrogens is 2. The van der Waals surface area contributed by atoms with Gasteiger partial charge in [-0.15, -0.1) is 0 Å². The summed E-state index contributed by atoms with van der Waals surface area (Å²) in [6.07, 6.45) is 3.17. The molecular formula is C29H30N2OSi. The molecule has 166 valence electrons. The Bertz CT molecular complexity index is 1450. The SMILES string of the molecule is Cc1ccc2c(n1)oc1c(-c3cc(CC(C)C)c([Si](C)(C)c4ccccc4)cn3)cccc12. The van der Waals surface area contributed by atoms with E-state index in [0.717, 1.165) is 39.7 Å². The van der Waals surface area contributed by atoms with Crippen LogP contribution in [0.5, 0.6) is 0 Å². The van der Waals surface area contributed by atoms with Gasteiger partial charge in [-0.2, -0.15) is 0 Å². The molecule has 4 heteroatoms. The molecule has 0 aliphatic carbocycles. The van der Waals surface area contributed by atoms with Crippen LogP contribution in [0.1, 0.15) is 25.1 Å². The minimum atomic E-state index is -1.87. The maximum atomic E-state index is 6.26. The number of pyridine rings is 2. The Morgan fingerprint density at radius 2 is 1.70 bits per heavy atom. The second kappa shape index (κ2) is 8.27. The molecule has 3 heterocycles. The van der Waals surface area contributed by atoms with Crippen LogP contribution in [0.4, 0.5) is 0 Å². The highest BCUT2D eigenvalue weighted by Crippen LogP contribution is 2.34. The van der Waals surface area contributed by atoms with Gasteiger partial charge in [0.05, 0.1) is 5.69 Å². The van der Waals surface area contributed by atoms with Crippen molar-refractivity contribution in [2.24, 2.45) is 5.92 Å². The summed E-state index contributed by atoms with van der Waals surface area (Å²) in [5.74, 6) is 0.564. The van der Waals surface area contributed by atoms with Crippen molar-refractivity contribution in [2.75, 3.05) is 0 Å². The van der Waals surface area contributed by atoms with Gasteiger partial charge in [0.2, 0.25) is 5.71 Å². The zero-order valence-electron chi connectivity index (χ0n) is 20.0. The Labute approximate surface area is 196 Å². The van der Waals surface area contributed by atoms with E-state index in [1.807, 2.05) is 13.0 Å². The topological polar surface area (TPSA) is 38.9 Å². The summed E-state index contributed by atoms with van der Waals surface area (Å²) in [6.45, 7) is 11.4. The zero-order chi connectivity index (χ0) is 23.2. The Balaban J connectivity index is 1.69. The lowest BCUT2D eigenvalue weighted by molar-refractivity contribution is 0.648. The van der Waals surface area contributed by atoms with Gasteiger partial charge in [0.25, 0.3) is 0 Å². The van der Waals surface area contributed by atoms with Crippen LogP contribution in [-0.4, -0.2) is 18.0 Å². The number of hydrogen-bond acceptors (Lipinski definition) is 3. The molecule has 0 fully saturated rings. The average molecular weight is 451 g/mol. The van der Waals surface area contributed by atoms with Gasteiger partial charge in [-0.3, -0.25) is 4.98 Å². The number of furan rings is 1. The summed E-state index contributed by atoms with van der Waals surface area (Å²) in [7, 11) is -1.87. The van der Waals surface area contributed by atoms with Gasteiger partial charge in [-0.1, -0.05) is 74.6 Å². The summed E-state index contributed by atoms with van der Waals surface area (Å²) in [5, 5.41) is 4.99. The van der Waals surface area contributed by atoms with Crippen molar-refractivity contribution in [3.8, 4) is 11.3 Å². The zero-order valence-corrected chi connectivity index (χ0v) is 21.0. The number of aryl methyl sites for hydroxylation is 1. The van der Waals surface area contributed by atoms with Crippen LogP contribution in [0.3, 0.4) is 0 Å². The summed E-state index contributed by atoms with van der Waals surface area (Å²) in [4.78, 5) is 9.60. The molecule has 0 saturated carbocycles. The minimum Gasteiger partial charge on any atom is -0.437 e. The van der Waals surface area contributed by atoms with E-state index in [-0.39, 0.29) is 0 Å². The molecule has 0 spiro atoms. The minimum absolute atomic E-state index is 0.564. The largest absolute Gasteiger partial charge is 0.437 e. The van der Waals surface area contributed by atoms with Gasteiger partial charge in [-0.05, 0) is 54.3 Å². The smallest absolute Gasteiger partial charge is 0.227 e. The van der Waals surface area contributed by atoms with Crippen LogP contribution < -0.4 is 10.4 Å². The van der Waals surface area contributed by atoms with Crippen LogP contribution in [-0.2, 0) is 6.42 Å². The molecular weight excluding hydrogens is 420 g/mol. The number of hydrogen-bond donors (Lipinski definition) is 0. The molecule has 0 saturated heterocycles. The van der Waals surface area contributed by atoms with Crippen LogP contribution >= 0.6 is 0 Å². The molecule has 0 unspecified atom stereocenters. The van der Waals surface area contributed by atoms with E-state index in [2.05, 4.69) is 98.8 Å². The molecule has 0 radical (unpaired) electrons. The standard InChI is InChI=1S/C29H30N2OSi/c1-19(2)16-21-17-26(30-18-27(21)33(4,5)22-10-7-6-8-11-22)25-13-9-12-23-24-15-14-20(3)31-29(24)32-28(23)25/h6-15,17-19H,16H2,1-5H3. The van der Waals surface area contributed by atoms with Crippen molar-refractivity contribution in [3.05, 3.63) is 84.2 Å². The highest BCUT2D eigenvalue weighted by atomic mass is 28.3. The van der Waals surface area contributed by atoms with Gasteiger partial charge < -0.3 is 4.42 Å². The Morgan fingerprint density at radius 1 is 0.909 bits per heavy atom. The highest BCUT2D eigenvalue weighted by molar-refractivity contribution is 7.00. The Hall–Kier alpha value is -3.24. The fourth-order valence-corrected chi connectivity index (χ4v) is 7.50. The first-order valence-electron chi connectivity index (χ1n) is 11.7. The summed E-state index contributed by atoms with van der Waals surface area (Å²) >= 11 is 0. The van der Waals surface area contributed by atoms with Crippen molar-refractivity contribution in [3.63, 3.8) is 0 Å². The van der Waals surface area contributed by atoms with Crippen LogP contribution in [0.2, 0.25) is 13.1 Å². The Morgan fingerprint density at radius 3 is 2.45 bits per heavy atom. The number of para-hydroxylation sites is 1. The van der Waals surface area contributed by atoms with E-state index in [4.69, 9.17) is 9.40 Å². The summed E-state index contributed by atoms with van der Waals surface area (Å²) in [5.41, 5.74) is 5.90. The van der Waals surface area contributed by atoms with Crippen LogP contribution in [0, 0.1) is 12.8 Å². The van der Waals surface area contributed by atoms with E-state index in [9.17, 15) is 0 Å². The predicted octanol–water partition coefficient (Wildman–Crippen LogP) is 6.37. The number of fused-ring (bicyclic) bond motifs is 3. The Kier molecular flexibility index (Phi) is 5.41. The van der Waals surface area contributed by atoms with Crippen LogP contribution in [0.25, 0.3) is 33.3 Å². The molecule has 0 N–H and O–H groups in total. The maximum absolute atomic E-state index is 6.26. The van der Waals surface area contributed by atoms with Crippen molar-refractivity contribution in [2.45, 2.75) is 40.3 Å². The predicted molar refractivity (Wildman–Crippen MR) is 141 cm³/mol. The van der Waals surface area contributed by atoms with Crippen molar-refractivity contribution in [1.29, 1.82) is 0 Å². The monoisotopic (exact) mass is 450 g/mol. The maximum Gasteiger partial charge on any atom is 0.227 e. The third kappa shape index (κ3) is 3.89. The van der Waals surface area contributed by atoms with E-state index in [1.165, 1.54) is 15.9 Å². The third-order valence-corrected chi connectivity index (χ3v) is 10.1. The molecule has 3 aromatic heterocycles. The second-order valence-corrected chi connectivity index (χ2v) is 14.3. The first kappa shape index (κ1) is 21.6. The van der Waals surface area contributed by atoms with Gasteiger partial charge in [0.15, 0.2) is 0 Å². The first-order valence-corrected chi connectivity index (χ1v) is 14.7. The highest BCUT2D eigenvalue weighted by Gasteiger charge is 2.29. The van der Waals surface area contributed by atoms with Gasteiger partial charge in [0.1, 0.15) is 13.7 Å². The average Bonchev–Trinajstić information content (AvgIpc) is 3.16. The van der Waals surface area contributed by atoms with Crippen LogP contribution in [0.15, 0.2) is 77.3 Å². The molecule has 0 aliphatic rings. The molecule has 2 aromatic carbocycles. The molecule has 0 aliphatic heterocycles. The normalized spacial score (nSPS) is 12.2. The lowest BCUT2D eigenvalue weighted by Gasteiger charge is -2.27. The van der Waals surface area contributed by atoms with E-state index in [1.54, 1.807) is 0 Å².